The average molecular weight is 474 g/mol. The van der Waals surface area contributed by atoms with Crippen molar-refractivity contribution >= 4 is 43.7 Å². The number of nitrogens with one attached hydrogen (secondary N) is 1. The molecule has 1 aliphatic heterocycles. The highest BCUT2D eigenvalue weighted by Gasteiger charge is 2.24. The third-order valence-electron chi connectivity index (χ3n) is 5.39. The molecule has 0 spiro atoms. The van der Waals surface area contributed by atoms with Crippen LogP contribution >= 0.6 is 0 Å². The molecule has 1 amide bonds. The standard InChI is InChI=1S/C22H24FN5O4S/c1-14-9-16(27-33(31)7-5-28(6-8-33)20(30)12-32-2)11-18-21(14)22(25-13-24-18)26-17-4-3-15(23)10-19(17)29/h3-4,9-11,13,29H,5-8,12H2,1-2H3,(H,24,25,26). The predicted octanol–water partition coefficient (Wildman–Crippen LogP) is 3.11. The Morgan fingerprint density at radius 1 is 1.27 bits per heavy atom. The van der Waals surface area contributed by atoms with Gasteiger partial charge in [0, 0.05) is 43.2 Å². The zero-order chi connectivity index (χ0) is 23.6. The molecule has 1 fully saturated rings. The molecule has 2 N–H and O–H groups in total. The number of phenolic OH excluding ortho intramolecular Hbond substituents is 1. The Kier molecular flexibility index (Phi) is 6.43. The monoisotopic (exact) mass is 473 g/mol. The molecule has 0 saturated carbocycles. The fraction of sp³-hybridized carbons (Fsp3) is 0.318. The van der Waals surface area contributed by atoms with Gasteiger partial charge in [-0.25, -0.2) is 18.6 Å². The second-order valence-electron chi connectivity index (χ2n) is 7.75. The van der Waals surface area contributed by atoms with Crippen molar-refractivity contribution in [1.29, 1.82) is 0 Å². The van der Waals surface area contributed by atoms with E-state index in [2.05, 4.69) is 19.6 Å². The lowest BCUT2D eigenvalue weighted by Crippen LogP contribution is -2.44. The van der Waals surface area contributed by atoms with Crippen LogP contribution in [0.25, 0.3) is 10.9 Å². The number of fused-ring (bicyclic) bond motifs is 1. The minimum absolute atomic E-state index is 0.00791. The fourth-order valence-corrected chi connectivity index (χ4v) is 5.61. The van der Waals surface area contributed by atoms with Gasteiger partial charge in [-0.1, -0.05) is 0 Å². The molecular formula is C22H24FN5O4S. The highest BCUT2D eigenvalue weighted by atomic mass is 32.2. The molecule has 0 aliphatic carbocycles. The van der Waals surface area contributed by atoms with E-state index in [1.165, 1.54) is 25.6 Å². The predicted molar refractivity (Wildman–Crippen MR) is 124 cm³/mol. The number of hydrogen-bond donors (Lipinski definition) is 2. The highest BCUT2D eigenvalue weighted by Crippen LogP contribution is 2.33. The first-order chi connectivity index (χ1) is 15.8. The first-order valence-electron chi connectivity index (χ1n) is 10.3. The summed E-state index contributed by atoms with van der Waals surface area (Å²) in [6.45, 7) is 2.61. The lowest BCUT2D eigenvalue weighted by Gasteiger charge is -2.28. The third-order valence-corrected chi connectivity index (χ3v) is 7.57. The van der Waals surface area contributed by atoms with Crippen LogP contribution in [0.4, 0.5) is 21.6 Å². The van der Waals surface area contributed by atoms with Crippen LogP contribution in [-0.4, -0.2) is 68.4 Å². The molecule has 2 aromatic carbocycles. The van der Waals surface area contributed by atoms with Crippen molar-refractivity contribution in [3.05, 3.63) is 48.0 Å². The number of rotatable bonds is 5. The Balaban J connectivity index is 1.62. The first kappa shape index (κ1) is 22.9. The van der Waals surface area contributed by atoms with Crippen molar-refractivity contribution in [2.24, 2.45) is 4.36 Å². The van der Waals surface area contributed by atoms with Crippen LogP contribution in [0, 0.1) is 12.7 Å². The number of ether oxygens (including phenoxy) is 1. The zero-order valence-electron chi connectivity index (χ0n) is 18.2. The number of anilines is 2. The molecule has 0 unspecified atom stereocenters. The largest absolute Gasteiger partial charge is 0.506 e. The van der Waals surface area contributed by atoms with E-state index in [0.717, 1.165) is 11.6 Å². The number of aryl methyl sites for hydroxylation is 1. The number of amides is 1. The van der Waals surface area contributed by atoms with Gasteiger partial charge in [0.25, 0.3) is 0 Å². The van der Waals surface area contributed by atoms with E-state index in [4.69, 9.17) is 4.74 Å². The molecule has 4 rings (SSSR count). The lowest BCUT2D eigenvalue weighted by molar-refractivity contribution is -0.134. The van der Waals surface area contributed by atoms with Gasteiger partial charge in [-0.15, -0.1) is 0 Å². The summed E-state index contributed by atoms with van der Waals surface area (Å²) in [6.07, 6.45) is 1.37. The molecule has 0 atom stereocenters. The van der Waals surface area contributed by atoms with E-state index in [9.17, 15) is 18.5 Å². The Bertz CT molecular complexity index is 1330. The second kappa shape index (κ2) is 9.28. The molecule has 33 heavy (non-hydrogen) atoms. The van der Waals surface area contributed by atoms with Crippen molar-refractivity contribution in [3.8, 4) is 5.75 Å². The van der Waals surface area contributed by atoms with E-state index in [0.29, 0.717) is 52.7 Å². The highest BCUT2D eigenvalue weighted by molar-refractivity contribution is 7.93. The van der Waals surface area contributed by atoms with Gasteiger partial charge in [-0.3, -0.25) is 4.79 Å². The van der Waals surface area contributed by atoms with Crippen LogP contribution in [0.2, 0.25) is 0 Å². The first-order valence-corrected chi connectivity index (χ1v) is 12.1. The van der Waals surface area contributed by atoms with Crippen molar-refractivity contribution < 1.29 is 23.2 Å². The topological polar surface area (TPSA) is 117 Å². The van der Waals surface area contributed by atoms with Crippen molar-refractivity contribution in [2.45, 2.75) is 6.92 Å². The summed E-state index contributed by atoms with van der Waals surface area (Å²) in [5.74, 6) is 0.124. The number of phenols is 1. The number of carbonyl (C=O) groups excluding carboxylic acids is 1. The van der Waals surface area contributed by atoms with E-state index >= 15 is 0 Å². The Morgan fingerprint density at radius 2 is 2.03 bits per heavy atom. The van der Waals surface area contributed by atoms with Crippen LogP contribution in [-0.2, 0) is 19.3 Å². The molecule has 2 heterocycles. The summed E-state index contributed by atoms with van der Waals surface area (Å²) in [7, 11) is -1.05. The molecule has 174 valence electrons. The Hall–Kier alpha value is -3.31. The summed E-state index contributed by atoms with van der Waals surface area (Å²) < 4.78 is 36.0. The number of methoxy groups -OCH3 is 1. The third kappa shape index (κ3) is 5.04. The van der Waals surface area contributed by atoms with Gasteiger partial charge in [0.15, 0.2) is 0 Å². The van der Waals surface area contributed by atoms with Crippen LogP contribution in [0.3, 0.4) is 0 Å². The minimum atomic E-state index is -2.52. The van der Waals surface area contributed by atoms with Crippen molar-refractivity contribution in [1.82, 2.24) is 14.9 Å². The average Bonchev–Trinajstić information content (AvgIpc) is 2.76. The molecule has 1 saturated heterocycles. The SMILES string of the molecule is COCC(=O)N1CCS(=O)(=Nc2cc(C)c3c(Nc4ccc(F)cc4O)ncnc3c2)CC1. The molecule has 1 aromatic heterocycles. The van der Waals surface area contributed by atoms with Gasteiger partial charge in [0.05, 0.1) is 26.6 Å². The number of benzene rings is 2. The number of nitrogens with zero attached hydrogens (tertiary/aromatic N) is 4. The summed E-state index contributed by atoms with van der Waals surface area (Å²) >= 11 is 0. The zero-order valence-corrected chi connectivity index (χ0v) is 19.1. The quantitative estimate of drug-likeness (QED) is 0.547. The molecule has 9 nitrogen and oxygen atoms in total. The molecule has 3 aromatic rings. The van der Waals surface area contributed by atoms with Gasteiger partial charge in [0.1, 0.15) is 30.3 Å². The second-order valence-corrected chi connectivity index (χ2v) is 10.3. The summed E-state index contributed by atoms with van der Waals surface area (Å²) in [5.41, 5.74) is 2.23. The van der Waals surface area contributed by atoms with Gasteiger partial charge in [-0.2, -0.15) is 4.36 Å². The Morgan fingerprint density at radius 3 is 2.73 bits per heavy atom. The van der Waals surface area contributed by atoms with Crippen LogP contribution in [0.5, 0.6) is 5.75 Å². The maximum absolute atomic E-state index is 13.3. The molecule has 0 bridgehead atoms. The van der Waals surface area contributed by atoms with Gasteiger partial charge in [-0.05, 0) is 36.8 Å². The lowest BCUT2D eigenvalue weighted by atomic mass is 10.1. The molecule has 0 radical (unpaired) electrons. The van der Waals surface area contributed by atoms with Crippen molar-refractivity contribution in [2.75, 3.05) is 43.6 Å². The fourth-order valence-electron chi connectivity index (χ4n) is 3.73. The van der Waals surface area contributed by atoms with E-state index in [-0.39, 0.29) is 18.3 Å². The number of carbonyl (C=O) groups is 1. The van der Waals surface area contributed by atoms with Gasteiger partial charge < -0.3 is 20.1 Å². The normalized spacial score (nSPS) is 15.4. The Labute approximate surface area is 190 Å². The number of halogens is 1. The summed E-state index contributed by atoms with van der Waals surface area (Å²) in [6, 6.07) is 7.21. The smallest absolute Gasteiger partial charge is 0.248 e. The minimum Gasteiger partial charge on any atom is -0.506 e. The van der Waals surface area contributed by atoms with E-state index in [1.807, 2.05) is 6.92 Å². The van der Waals surface area contributed by atoms with Crippen molar-refractivity contribution in [3.63, 3.8) is 0 Å². The number of hydrogen-bond acceptors (Lipinski definition) is 8. The van der Waals surface area contributed by atoms with Crippen LogP contribution in [0.15, 0.2) is 41.0 Å². The number of aromatic hydroxyl groups is 1. The molecule has 11 heteroatoms. The summed E-state index contributed by atoms with van der Waals surface area (Å²) in [5, 5.41) is 13.7. The number of aromatic nitrogens is 2. The van der Waals surface area contributed by atoms with Crippen LogP contribution < -0.4 is 5.32 Å². The maximum atomic E-state index is 13.3. The maximum Gasteiger partial charge on any atom is 0.248 e. The molecule has 1 aliphatic rings. The molecular weight excluding hydrogens is 449 g/mol. The van der Waals surface area contributed by atoms with Gasteiger partial charge in [0.2, 0.25) is 5.91 Å². The van der Waals surface area contributed by atoms with E-state index in [1.54, 1.807) is 17.0 Å². The van der Waals surface area contributed by atoms with E-state index < -0.39 is 15.5 Å². The van der Waals surface area contributed by atoms with Gasteiger partial charge >= 0.3 is 0 Å². The van der Waals surface area contributed by atoms with Crippen LogP contribution in [0.1, 0.15) is 5.56 Å². The summed E-state index contributed by atoms with van der Waals surface area (Å²) in [4.78, 5) is 22.2.